The highest BCUT2D eigenvalue weighted by Gasteiger charge is 2.20. The van der Waals surface area contributed by atoms with Crippen molar-refractivity contribution in [2.45, 2.75) is 44.7 Å². The van der Waals surface area contributed by atoms with Crippen molar-refractivity contribution in [3.8, 4) is 11.5 Å². The number of hydrogen-bond acceptors (Lipinski definition) is 4. The van der Waals surface area contributed by atoms with Crippen LogP contribution in [0.1, 0.15) is 44.2 Å². The first kappa shape index (κ1) is 16.1. The lowest BCUT2D eigenvalue weighted by Gasteiger charge is -2.29. The molecule has 0 aliphatic carbocycles. The van der Waals surface area contributed by atoms with E-state index in [2.05, 4.69) is 11.8 Å². The first-order valence-corrected chi connectivity index (χ1v) is 7.87. The van der Waals surface area contributed by atoms with Crippen molar-refractivity contribution in [3.63, 3.8) is 0 Å². The van der Waals surface area contributed by atoms with Crippen LogP contribution in [-0.4, -0.2) is 38.3 Å². The van der Waals surface area contributed by atoms with Crippen molar-refractivity contribution in [1.29, 1.82) is 0 Å². The molecule has 1 aromatic rings. The molecule has 0 aromatic heterocycles. The van der Waals surface area contributed by atoms with Crippen LogP contribution in [0.15, 0.2) is 18.2 Å². The summed E-state index contributed by atoms with van der Waals surface area (Å²) in [4.78, 5) is 2.52. The van der Waals surface area contributed by atoms with Gasteiger partial charge in [0.15, 0.2) is 11.5 Å². The van der Waals surface area contributed by atoms with Crippen LogP contribution in [0, 0.1) is 0 Å². The van der Waals surface area contributed by atoms with E-state index in [9.17, 15) is 0 Å². The highest BCUT2D eigenvalue weighted by atomic mass is 16.5. The molecule has 2 N–H and O–H groups in total. The number of hydrogen-bond donors (Lipinski definition) is 1. The van der Waals surface area contributed by atoms with Crippen LogP contribution in [0.4, 0.5) is 0 Å². The Hall–Kier alpha value is -1.26. The first-order chi connectivity index (χ1) is 10.2. The Kier molecular flexibility index (Phi) is 5.88. The number of likely N-dealkylation sites (tertiary alicyclic amines) is 1. The number of nitrogens with zero attached hydrogens (tertiary/aromatic N) is 1. The van der Waals surface area contributed by atoms with Crippen molar-refractivity contribution in [2.24, 2.45) is 5.73 Å². The minimum absolute atomic E-state index is 0.00496. The van der Waals surface area contributed by atoms with Crippen LogP contribution in [0.5, 0.6) is 11.5 Å². The summed E-state index contributed by atoms with van der Waals surface area (Å²) in [6.45, 7) is 4.37. The summed E-state index contributed by atoms with van der Waals surface area (Å²) in [6, 6.07) is 6.59. The molecule has 0 spiro atoms. The molecule has 21 heavy (non-hydrogen) atoms. The first-order valence-electron chi connectivity index (χ1n) is 7.87. The fourth-order valence-electron chi connectivity index (χ4n) is 3.05. The topological polar surface area (TPSA) is 47.7 Å². The second kappa shape index (κ2) is 7.66. The fraction of sp³-hybridized carbons (Fsp3) is 0.647. The van der Waals surface area contributed by atoms with Crippen LogP contribution >= 0.6 is 0 Å². The number of ether oxygens (including phenoxy) is 2. The second-order valence-corrected chi connectivity index (χ2v) is 5.91. The molecule has 4 heteroatoms. The number of rotatable bonds is 5. The Balaban J connectivity index is 2.06. The van der Waals surface area contributed by atoms with E-state index in [1.165, 1.54) is 25.7 Å². The highest BCUT2D eigenvalue weighted by molar-refractivity contribution is 5.43. The molecule has 1 aliphatic rings. The van der Waals surface area contributed by atoms with Gasteiger partial charge in [-0.2, -0.15) is 0 Å². The van der Waals surface area contributed by atoms with Crippen LogP contribution in [0.2, 0.25) is 0 Å². The van der Waals surface area contributed by atoms with Crippen molar-refractivity contribution in [3.05, 3.63) is 23.8 Å². The molecule has 0 saturated carbocycles. The van der Waals surface area contributed by atoms with Gasteiger partial charge in [0.2, 0.25) is 0 Å². The monoisotopic (exact) mass is 292 g/mol. The molecular weight excluding hydrogens is 264 g/mol. The Morgan fingerprint density at radius 3 is 2.67 bits per heavy atom. The molecule has 1 saturated heterocycles. The average molecular weight is 292 g/mol. The van der Waals surface area contributed by atoms with E-state index in [1.807, 2.05) is 18.2 Å². The van der Waals surface area contributed by atoms with E-state index in [0.717, 1.165) is 30.2 Å². The lowest BCUT2D eigenvalue weighted by Crippen LogP contribution is -2.38. The third-order valence-corrected chi connectivity index (χ3v) is 4.46. The Bertz CT molecular complexity index is 450. The van der Waals surface area contributed by atoms with Gasteiger partial charge in [-0.25, -0.2) is 0 Å². The molecule has 2 unspecified atom stereocenters. The summed E-state index contributed by atoms with van der Waals surface area (Å²) < 4.78 is 10.6. The Labute approximate surface area is 128 Å². The van der Waals surface area contributed by atoms with Crippen molar-refractivity contribution >= 4 is 0 Å². The van der Waals surface area contributed by atoms with Crippen LogP contribution in [0.25, 0.3) is 0 Å². The van der Waals surface area contributed by atoms with Crippen LogP contribution < -0.4 is 15.2 Å². The summed E-state index contributed by atoms with van der Waals surface area (Å²) in [6.07, 6.45) is 5.23. The van der Waals surface area contributed by atoms with Gasteiger partial charge in [-0.15, -0.1) is 0 Å². The fourth-order valence-corrected chi connectivity index (χ4v) is 3.05. The van der Waals surface area contributed by atoms with Gasteiger partial charge < -0.3 is 15.2 Å². The molecule has 2 atom stereocenters. The van der Waals surface area contributed by atoms with Crippen molar-refractivity contribution in [1.82, 2.24) is 4.90 Å². The summed E-state index contributed by atoms with van der Waals surface area (Å²) in [5, 5.41) is 0. The maximum atomic E-state index is 6.42. The van der Waals surface area contributed by atoms with Gasteiger partial charge in [-0.3, -0.25) is 4.90 Å². The quantitative estimate of drug-likeness (QED) is 0.906. The third-order valence-electron chi connectivity index (χ3n) is 4.46. The van der Waals surface area contributed by atoms with E-state index < -0.39 is 0 Å². The standard InChI is InChI=1S/C17H28N2O2/c1-13-7-5-4-6-10-19(13)12-15(18)14-8-9-16(20-2)17(11-14)21-3/h8-9,11,13,15H,4-7,10,12,18H2,1-3H3. The maximum Gasteiger partial charge on any atom is 0.161 e. The second-order valence-electron chi connectivity index (χ2n) is 5.91. The highest BCUT2D eigenvalue weighted by Crippen LogP contribution is 2.30. The van der Waals surface area contributed by atoms with Gasteiger partial charge in [-0.1, -0.05) is 18.9 Å². The normalized spacial score (nSPS) is 21.6. The Morgan fingerprint density at radius 1 is 1.19 bits per heavy atom. The zero-order valence-electron chi connectivity index (χ0n) is 13.5. The molecule has 1 aromatic carbocycles. The number of benzene rings is 1. The molecule has 118 valence electrons. The summed E-state index contributed by atoms with van der Waals surface area (Å²) in [5.41, 5.74) is 7.52. The molecular formula is C17H28N2O2. The molecule has 2 rings (SSSR count). The van der Waals surface area contributed by atoms with Gasteiger partial charge in [0.05, 0.1) is 14.2 Å². The van der Waals surface area contributed by atoms with Gasteiger partial charge in [0.25, 0.3) is 0 Å². The summed E-state index contributed by atoms with van der Waals surface area (Å²) in [5.74, 6) is 1.49. The lowest BCUT2D eigenvalue weighted by molar-refractivity contribution is 0.201. The summed E-state index contributed by atoms with van der Waals surface area (Å²) >= 11 is 0. The van der Waals surface area contributed by atoms with Gasteiger partial charge >= 0.3 is 0 Å². The van der Waals surface area contributed by atoms with E-state index in [1.54, 1.807) is 14.2 Å². The average Bonchev–Trinajstić information content (AvgIpc) is 2.71. The molecule has 0 amide bonds. The molecule has 1 aliphatic heterocycles. The smallest absolute Gasteiger partial charge is 0.161 e. The summed E-state index contributed by atoms with van der Waals surface area (Å²) in [7, 11) is 3.31. The zero-order valence-corrected chi connectivity index (χ0v) is 13.5. The van der Waals surface area contributed by atoms with E-state index in [-0.39, 0.29) is 6.04 Å². The molecule has 0 bridgehead atoms. The van der Waals surface area contributed by atoms with Crippen molar-refractivity contribution in [2.75, 3.05) is 27.3 Å². The molecule has 0 radical (unpaired) electrons. The van der Waals surface area contributed by atoms with E-state index >= 15 is 0 Å². The predicted molar refractivity (Wildman–Crippen MR) is 86.0 cm³/mol. The van der Waals surface area contributed by atoms with E-state index in [0.29, 0.717) is 6.04 Å². The van der Waals surface area contributed by atoms with Crippen LogP contribution in [0.3, 0.4) is 0 Å². The minimum atomic E-state index is 0.00496. The molecule has 1 heterocycles. The third kappa shape index (κ3) is 4.11. The Morgan fingerprint density at radius 2 is 1.95 bits per heavy atom. The van der Waals surface area contributed by atoms with Crippen molar-refractivity contribution < 1.29 is 9.47 Å². The number of methoxy groups -OCH3 is 2. The molecule has 4 nitrogen and oxygen atoms in total. The van der Waals surface area contributed by atoms with Gasteiger partial charge in [0, 0.05) is 18.6 Å². The van der Waals surface area contributed by atoms with Gasteiger partial charge in [-0.05, 0) is 44.0 Å². The van der Waals surface area contributed by atoms with Crippen LogP contribution in [-0.2, 0) is 0 Å². The SMILES string of the molecule is COc1ccc(C(N)CN2CCCCCC2C)cc1OC. The molecule has 1 fully saturated rings. The lowest BCUT2D eigenvalue weighted by atomic mass is 10.1. The van der Waals surface area contributed by atoms with E-state index in [4.69, 9.17) is 15.2 Å². The largest absolute Gasteiger partial charge is 0.493 e. The number of nitrogens with two attached hydrogens (primary N) is 1. The maximum absolute atomic E-state index is 6.42. The zero-order chi connectivity index (χ0) is 15.2. The predicted octanol–water partition coefficient (Wildman–Crippen LogP) is 2.97. The van der Waals surface area contributed by atoms with Gasteiger partial charge in [0.1, 0.15) is 0 Å². The minimum Gasteiger partial charge on any atom is -0.493 e.